The van der Waals surface area contributed by atoms with Gasteiger partial charge in [0.2, 0.25) is 0 Å². The molecule has 0 aromatic rings. The van der Waals surface area contributed by atoms with Gasteiger partial charge in [0.05, 0.1) is 6.61 Å². The molecule has 24 heavy (non-hydrogen) atoms. The zero-order valence-electron chi connectivity index (χ0n) is 11.8. The third-order valence-corrected chi connectivity index (χ3v) is 3.29. The summed E-state index contributed by atoms with van der Waals surface area (Å²) in [5.74, 6) is -9.60. The first-order valence-corrected chi connectivity index (χ1v) is 6.37. The zero-order chi connectivity index (χ0) is 18.8. The van der Waals surface area contributed by atoms with Gasteiger partial charge in [-0.15, -0.1) is 0 Å². The van der Waals surface area contributed by atoms with E-state index in [9.17, 15) is 34.8 Å². The van der Waals surface area contributed by atoms with Crippen LogP contribution in [0.1, 0.15) is 0 Å². The molecular formula is C11H16O13. The fourth-order valence-electron chi connectivity index (χ4n) is 1.92. The number of aliphatic carboxylic acids is 2. The number of aliphatic hydroxyl groups excluding tert-OH is 6. The average molecular weight is 356 g/mol. The lowest BCUT2D eigenvalue weighted by Crippen LogP contribution is -2.70. The van der Waals surface area contributed by atoms with Crippen molar-refractivity contribution >= 4 is 17.9 Å². The molecule has 1 aliphatic heterocycles. The molecule has 1 fully saturated rings. The van der Waals surface area contributed by atoms with E-state index in [4.69, 9.17) is 20.4 Å². The number of hydrogen-bond donors (Lipinski definition) is 8. The normalized spacial score (nSPS) is 35.8. The number of esters is 1. The summed E-state index contributed by atoms with van der Waals surface area (Å²) in [5, 5.41) is 73.9. The van der Waals surface area contributed by atoms with Gasteiger partial charge in [-0.25, -0.2) is 14.4 Å². The van der Waals surface area contributed by atoms with Crippen molar-refractivity contribution in [1.82, 2.24) is 0 Å². The van der Waals surface area contributed by atoms with Crippen LogP contribution in [0.15, 0.2) is 0 Å². The second-order valence-corrected chi connectivity index (χ2v) is 4.89. The molecule has 0 bridgehead atoms. The van der Waals surface area contributed by atoms with E-state index in [1.54, 1.807) is 0 Å². The van der Waals surface area contributed by atoms with Crippen molar-refractivity contribution in [2.45, 2.75) is 42.4 Å². The number of carbonyl (C=O) groups excluding carboxylic acids is 1. The molecule has 0 spiro atoms. The Bertz CT molecular complexity index is 504. The lowest BCUT2D eigenvalue weighted by molar-refractivity contribution is -0.343. The quantitative estimate of drug-likeness (QED) is 0.208. The molecule has 13 heteroatoms. The van der Waals surface area contributed by atoms with Crippen molar-refractivity contribution in [3.63, 3.8) is 0 Å². The van der Waals surface area contributed by atoms with Crippen molar-refractivity contribution in [2.75, 3.05) is 6.61 Å². The predicted octanol–water partition coefficient (Wildman–Crippen LogP) is -5.41. The number of rotatable bonds is 6. The summed E-state index contributed by atoms with van der Waals surface area (Å²) < 4.78 is 8.92. The zero-order valence-corrected chi connectivity index (χ0v) is 11.8. The van der Waals surface area contributed by atoms with Gasteiger partial charge in [-0.05, 0) is 0 Å². The van der Waals surface area contributed by atoms with E-state index in [0.717, 1.165) is 0 Å². The van der Waals surface area contributed by atoms with Gasteiger partial charge >= 0.3 is 23.7 Å². The van der Waals surface area contributed by atoms with Gasteiger partial charge in [0.1, 0.15) is 18.3 Å². The highest BCUT2D eigenvalue weighted by Gasteiger charge is 2.62. The third kappa shape index (κ3) is 3.46. The first kappa shape index (κ1) is 20.2. The molecule has 138 valence electrons. The third-order valence-electron chi connectivity index (χ3n) is 3.29. The molecular weight excluding hydrogens is 340 g/mol. The highest BCUT2D eigenvalue weighted by Crippen LogP contribution is 2.32. The molecule has 0 radical (unpaired) electrons. The molecule has 13 nitrogen and oxygen atoms in total. The monoisotopic (exact) mass is 356 g/mol. The molecule has 0 aliphatic carbocycles. The Morgan fingerprint density at radius 1 is 1.04 bits per heavy atom. The van der Waals surface area contributed by atoms with Gasteiger partial charge in [0, 0.05) is 0 Å². The maximum Gasteiger partial charge on any atom is 0.380 e. The molecule has 0 amide bonds. The maximum absolute atomic E-state index is 11.6. The van der Waals surface area contributed by atoms with E-state index in [1.807, 2.05) is 0 Å². The van der Waals surface area contributed by atoms with Crippen molar-refractivity contribution in [3.05, 3.63) is 0 Å². The summed E-state index contributed by atoms with van der Waals surface area (Å²) in [4.78, 5) is 33.5. The SMILES string of the molecule is O=C(O)C(O)C(O)C(=O)OC1(C(=O)O)O[C@H](CO)[C@@H](O)[C@H](O)[C@H]1O. The van der Waals surface area contributed by atoms with Crippen LogP contribution in [0, 0.1) is 0 Å². The van der Waals surface area contributed by atoms with Crippen LogP contribution in [0.25, 0.3) is 0 Å². The average Bonchev–Trinajstić information content (AvgIpc) is 2.53. The number of hydrogen-bond acceptors (Lipinski definition) is 11. The van der Waals surface area contributed by atoms with E-state index in [1.165, 1.54) is 0 Å². The number of ether oxygens (including phenoxy) is 2. The van der Waals surface area contributed by atoms with E-state index < -0.39 is 66.9 Å². The Hall–Kier alpha value is -1.87. The minimum Gasteiger partial charge on any atom is -0.479 e. The largest absolute Gasteiger partial charge is 0.479 e. The summed E-state index contributed by atoms with van der Waals surface area (Å²) in [6.07, 6.45) is -14.0. The lowest BCUT2D eigenvalue weighted by atomic mass is 9.92. The van der Waals surface area contributed by atoms with Crippen LogP contribution in [-0.2, 0) is 23.9 Å². The summed E-state index contributed by atoms with van der Waals surface area (Å²) in [5.41, 5.74) is 0. The van der Waals surface area contributed by atoms with Crippen molar-refractivity contribution < 1.29 is 64.7 Å². The number of carboxylic acids is 2. The van der Waals surface area contributed by atoms with Crippen LogP contribution < -0.4 is 0 Å². The Morgan fingerprint density at radius 2 is 1.58 bits per heavy atom. The van der Waals surface area contributed by atoms with Crippen LogP contribution in [0.5, 0.6) is 0 Å². The molecule has 3 unspecified atom stereocenters. The highest BCUT2D eigenvalue weighted by molar-refractivity contribution is 5.87. The minimum atomic E-state index is -3.37. The maximum atomic E-state index is 11.6. The molecule has 0 saturated carbocycles. The fraction of sp³-hybridized carbons (Fsp3) is 0.727. The lowest BCUT2D eigenvalue weighted by Gasteiger charge is -2.44. The molecule has 1 rings (SSSR count). The Morgan fingerprint density at radius 3 is 2.00 bits per heavy atom. The molecule has 0 aromatic heterocycles. The van der Waals surface area contributed by atoms with Crippen LogP contribution >= 0.6 is 0 Å². The molecule has 7 atom stereocenters. The molecule has 1 saturated heterocycles. The number of carbonyl (C=O) groups is 3. The minimum absolute atomic E-state index is 1.04. The number of aliphatic hydroxyl groups is 6. The van der Waals surface area contributed by atoms with E-state index in [2.05, 4.69) is 9.47 Å². The molecule has 1 aliphatic rings. The second-order valence-electron chi connectivity index (χ2n) is 4.89. The first-order chi connectivity index (χ1) is 11.0. The van der Waals surface area contributed by atoms with Gasteiger partial charge in [0.25, 0.3) is 0 Å². The van der Waals surface area contributed by atoms with Gasteiger partial charge in [-0.3, -0.25) is 0 Å². The van der Waals surface area contributed by atoms with Crippen molar-refractivity contribution in [3.8, 4) is 0 Å². The predicted molar refractivity (Wildman–Crippen MR) is 66.1 cm³/mol. The topological polar surface area (TPSA) is 232 Å². The summed E-state index contributed by atoms with van der Waals surface area (Å²) in [7, 11) is 0. The smallest absolute Gasteiger partial charge is 0.380 e. The Kier molecular flexibility index (Phi) is 6.18. The van der Waals surface area contributed by atoms with Crippen LogP contribution in [0.3, 0.4) is 0 Å². The number of carboxylic acid groups (broad SMARTS) is 2. The van der Waals surface area contributed by atoms with Crippen molar-refractivity contribution in [2.24, 2.45) is 0 Å². The highest BCUT2D eigenvalue weighted by atomic mass is 16.8. The standard InChI is InChI=1S/C11H16O13/c12-1-2-3(13)4(14)7(17)11(23-2,10(21)22)24-9(20)6(16)5(15)8(18)19/h2-7,12-17H,1H2,(H,18,19)(H,21,22)/t2-,3-,4+,5?,6?,7-,11?/m1/s1. The van der Waals surface area contributed by atoms with Gasteiger partial charge in [0.15, 0.2) is 18.3 Å². The molecule has 1 heterocycles. The summed E-state index contributed by atoms with van der Waals surface area (Å²) in [6, 6.07) is 0. The van der Waals surface area contributed by atoms with Crippen LogP contribution in [0.4, 0.5) is 0 Å². The summed E-state index contributed by atoms with van der Waals surface area (Å²) >= 11 is 0. The van der Waals surface area contributed by atoms with Crippen LogP contribution in [0.2, 0.25) is 0 Å². The van der Waals surface area contributed by atoms with Crippen molar-refractivity contribution in [1.29, 1.82) is 0 Å². The van der Waals surface area contributed by atoms with Gasteiger partial charge in [-0.1, -0.05) is 0 Å². The van der Waals surface area contributed by atoms with Gasteiger partial charge in [-0.2, -0.15) is 0 Å². The molecule has 0 aromatic carbocycles. The van der Waals surface area contributed by atoms with E-state index in [0.29, 0.717) is 0 Å². The van der Waals surface area contributed by atoms with Gasteiger partial charge < -0.3 is 50.3 Å². The Balaban J connectivity index is 3.14. The first-order valence-electron chi connectivity index (χ1n) is 6.37. The van der Waals surface area contributed by atoms with Crippen LogP contribution in [-0.4, -0.2) is 108 Å². The summed E-state index contributed by atoms with van der Waals surface area (Å²) in [6.45, 7) is -1.04. The fourth-order valence-corrected chi connectivity index (χ4v) is 1.92. The Labute approximate surface area is 132 Å². The van der Waals surface area contributed by atoms with E-state index in [-0.39, 0.29) is 0 Å². The second kappa shape index (κ2) is 7.35. The molecule has 8 N–H and O–H groups in total. The van der Waals surface area contributed by atoms with E-state index >= 15 is 0 Å².